The van der Waals surface area contributed by atoms with Crippen LogP contribution in [0.5, 0.6) is 0 Å². The molecule has 57 heavy (non-hydrogen) atoms. The zero-order valence-corrected chi connectivity index (χ0v) is 28.2. The second kappa shape index (κ2) is 12.3. The Kier molecular flexibility index (Phi) is 2.91. The van der Waals surface area contributed by atoms with Gasteiger partial charge in [0.15, 0.2) is 11.6 Å². The maximum absolute atomic E-state index is 10.2. The van der Waals surface area contributed by atoms with Crippen molar-refractivity contribution in [3.8, 4) is 40.1 Å². The molecule has 8 aromatic carbocycles. The predicted molar refractivity (Wildman–Crippen MR) is 234 cm³/mol. The Morgan fingerprint density at radius 3 is 1.35 bits per heavy atom. The molecule has 0 aliphatic rings. The Balaban J connectivity index is 1.36. The monoisotopic (exact) mass is 760 g/mol. The fourth-order valence-electron chi connectivity index (χ4n) is 6.86. The van der Waals surface area contributed by atoms with Gasteiger partial charge >= 0.3 is 0 Å². The van der Waals surface area contributed by atoms with Gasteiger partial charge in [-0.2, -0.15) is 9.97 Å². The molecule has 4 aromatic heterocycles. The lowest BCUT2D eigenvalue weighted by Crippen LogP contribution is -2.06. The number of benzene rings is 8. The van der Waals surface area contributed by atoms with Crippen LogP contribution in [0.25, 0.3) is 106 Å². The standard InChI is InChI=1S/C51H32N6/c1-4-16-33(17-5-1)49-52-50(34-18-6-2-7-19-34)54-51(53-49)57-43-27-15-12-24-40(43)48-45(57)31-30-44-47(48)39-23-11-14-26-42(39)56(44)36-28-29-38-37-22-10-13-25-41(37)55(46(38)32-36)35-20-8-3-9-21-35/h1-32H/i1D,2D,3D,4D,5D,6D,7D,8D,9D,10D,11D,12D,13D,14D,15D,16D,17D,18D,19D,20D,21D,22D,23D,24D,25D,26D,27D,28D,29D,30D,31D,32D. The van der Waals surface area contributed by atoms with E-state index in [1.165, 1.54) is 0 Å². The topological polar surface area (TPSA) is 53.5 Å². The maximum atomic E-state index is 10.2. The lowest BCUT2D eigenvalue weighted by atomic mass is 10.1. The SMILES string of the molecule is [2H]c1c([2H])c([2H])c(-c2nc(-c3c([2H])c([2H])c([2H])c([2H])c3[2H])nc(-n3c4c([2H])c([2H])c([2H])c([2H])c4c4c5c6c([2H])c([2H])c([2H])c([2H])c6n(-c6c([2H])c([2H])c7c8c([2H])c([2H])c([2H])c([2H])c8n(-c8c([2H])c([2H])c([2H])c([2H])c8[2H])c7c6[2H])c5c([2H])c([2H])c43)n2)c([2H])c1[2H]. The van der Waals surface area contributed by atoms with Crippen molar-refractivity contribution in [1.82, 2.24) is 28.7 Å². The molecule has 0 aliphatic carbocycles. The predicted octanol–water partition coefficient (Wildman–Crippen LogP) is 12.5. The lowest BCUT2D eigenvalue weighted by Gasteiger charge is -2.12. The Morgan fingerprint density at radius 2 is 0.754 bits per heavy atom. The summed E-state index contributed by atoms with van der Waals surface area (Å²) in [7, 11) is 0. The van der Waals surface area contributed by atoms with Gasteiger partial charge in [0.2, 0.25) is 5.95 Å². The molecule has 6 heteroatoms. The summed E-state index contributed by atoms with van der Waals surface area (Å²) in [6, 6.07) is -30.7. The highest BCUT2D eigenvalue weighted by Crippen LogP contribution is 2.43. The lowest BCUT2D eigenvalue weighted by molar-refractivity contribution is 0.953. The van der Waals surface area contributed by atoms with Crippen molar-refractivity contribution in [2.24, 2.45) is 0 Å². The molecule has 0 saturated carbocycles. The van der Waals surface area contributed by atoms with Crippen LogP contribution in [-0.4, -0.2) is 28.7 Å². The molecule has 0 saturated heterocycles. The summed E-state index contributed by atoms with van der Waals surface area (Å²) in [6.45, 7) is 0. The van der Waals surface area contributed by atoms with Crippen LogP contribution in [0.15, 0.2) is 193 Å². The van der Waals surface area contributed by atoms with Gasteiger partial charge in [-0.3, -0.25) is 4.57 Å². The number of hydrogen-bond donors (Lipinski definition) is 0. The van der Waals surface area contributed by atoms with E-state index < -0.39 is 299 Å². The molecule has 12 aromatic rings. The van der Waals surface area contributed by atoms with E-state index in [-0.39, 0.29) is 0 Å². The van der Waals surface area contributed by atoms with Gasteiger partial charge < -0.3 is 9.13 Å². The van der Waals surface area contributed by atoms with Crippen molar-refractivity contribution in [3.05, 3.63) is 193 Å². The number of para-hydroxylation sites is 4. The fraction of sp³-hybridized carbons (Fsp3) is 0. The first-order valence-corrected chi connectivity index (χ1v) is 16.6. The second-order valence-electron chi connectivity index (χ2n) is 12.1. The van der Waals surface area contributed by atoms with Gasteiger partial charge in [0.05, 0.1) is 77.0 Å². The maximum Gasteiger partial charge on any atom is 0.238 e. The molecule has 0 fully saturated rings. The highest BCUT2D eigenvalue weighted by molar-refractivity contribution is 6.29. The van der Waals surface area contributed by atoms with Crippen molar-refractivity contribution in [2.75, 3.05) is 0 Å². The molecule has 0 spiro atoms. The molecule has 0 aliphatic heterocycles. The van der Waals surface area contributed by atoms with Gasteiger partial charge in [-0.25, -0.2) is 4.98 Å². The van der Waals surface area contributed by atoms with Gasteiger partial charge in [0.1, 0.15) is 0 Å². The third-order valence-corrected chi connectivity index (χ3v) is 9.10. The molecule has 0 radical (unpaired) electrons. The third kappa shape index (κ3) is 4.74. The van der Waals surface area contributed by atoms with E-state index in [0.29, 0.717) is 9.13 Å². The fourth-order valence-corrected chi connectivity index (χ4v) is 6.86. The smallest absolute Gasteiger partial charge is 0.238 e. The van der Waals surface area contributed by atoms with Crippen molar-refractivity contribution in [3.63, 3.8) is 0 Å². The summed E-state index contributed by atoms with van der Waals surface area (Å²) in [6.07, 6.45) is 0. The van der Waals surface area contributed by atoms with Crippen LogP contribution in [0.4, 0.5) is 0 Å². The normalized spacial score (nSPS) is 19.7. The first-order valence-electron chi connectivity index (χ1n) is 32.6. The van der Waals surface area contributed by atoms with E-state index in [1.54, 1.807) is 0 Å². The minimum absolute atomic E-state index is 0.568. The number of fused-ring (bicyclic) bond motifs is 10. The van der Waals surface area contributed by atoms with Crippen molar-refractivity contribution in [2.45, 2.75) is 0 Å². The van der Waals surface area contributed by atoms with Crippen LogP contribution in [0.2, 0.25) is 0 Å². The van der Waals surface area contributed by atoms with Crippen LogP contribution in [0.3, 0.4) is 0 Å². The highest BCUT2D eigenvalue weighted by Gasteiger charge is 2.23. The third-order valence-electron chi connectivity index (χ3n) is 9.10. The Bertz CT molecular complexity index is 5240. The Hall–Kier alpha value is -7.83. The van der Waals surface area contributed by atoms with E-state index >= 15 is 0 Å². The number of nitrogens with zero attached hydrogens (tertiary/aromatic N) is 6. The minimum atomic E-state index is -1.07. The Labute approximate surface area is 372 Å². The van der Waals surface area contributed by atoms with Crippen LogP contribution < -0.4 is 0 Å². The highest BCUT2D eigenvalue weighted by atomic mass is 15.2. The van der Waals surface area contributed by atoms with E-state index in [2.05, 4.69) is 15.0 Å². The van der Waals surface area contributed by atoms with Crippen LogP contribution in [0.1, 0.15) is 43.9 Å². The van der Waals surface area contributed by atoms with Gasteiger partial charge in [-0.05, 0) is 54.4 Å². The summed E-state index contributed by atoms with van der Waals surface area (Å²) in [5, 5.41) is -3.66. The van der Waals surface area contributed by atoms with Crippen LogP contribution >= 0.6 is 0 Å². The summed E-state index contributed by atoms with van der Waals surface area (Å²) in [4.78, 5) is 13.2. The van der Waals surface area contributed by atoms with E-state index in [1.807, 2.05) is 0 Å². The average Bonchev–Trinajstić information content (AvgIpc) is 1.52. The van der Waals surface area contributed by atoms with E-state index in [0.717, 1.165) is 4.57 Å². The van der Waals surface area contributed by atoms with Crippen LogP contribution in [-0.2, 0) is 0 Å². The van der Waals surface area contributed by atoms with E-state index in [9.17, 15) is 12.3 Å². The summed E-state index contributed by atoms with van der Waals surface area (Å²) in [5.74, 6) is -2.70. The van der Waals surface area contributed by atoms with Gasteiger partial charge in [-0.1, -0.05) is 139 Å². The molecule has 0 amide bonds. The minimum Gasteiger partial charge on any atom is -0.309 e. The molecule has 266 valence electrons. The van der Waals surface area contributed by atoms with Crippen LogP contribution in [0, 0.1) is 0 Å². The first kappa shape index (κ1) is 13.4. The molecule has 0 N–H and O–H groups in total. The molecule has 0 bridgehead atoms. The molecular formula is C51H32N6. The Morgan fingerprint density at radius 1 is 0.316 bits per heavy atom. The van der Waals surface area contributed by atoms with Crippen molar-refractivity contribution < 1.29 is 43.9 Å². The van der Waals surface area contributed by atoms with Crippen molar-refractivity contribution >= 4 is 65.4 Å². The van der Waals surface area contributed by atoms with Gasteiger partial charge in [0.25, 0.3) is 0 Å². The largest absolute Gasteiger partial charge is 0.309 e. The molecule has 0 unspecified atom stereocenters. The first-order chi connectivity index (χ1) is 41.6. The van der Waals surface area contributed by atoms with E-state index in [4.69, 9.17) is 31.5 Å². The summed E-state index contributed by atoms with van der Waals surface area (Å²) < 4.78 is 291. The average molecular weight is 761 g/mol. The second-order valence-corrected chi connectivity index (χ2v) is 12.1. The van der Waals surface area contributed by atoms with Gasteiger partial charge in [0, 0.05) is 54.8 Å². The quantitative estimate of drug-likeness (QED) is 0.176. The molecule has 12 rings (SSSR count). The molecule has 4 heterocycles. The number of rotatable bonds is 5. The molecule has 0 atom stereocenters. The van der Waals surface area contributed by atoms with Gasteiger partial charge in [-0.15, -0.1) is 0 Å². The molecular weight excluding hydrogens is 697 g/mol. The number of aromatic nitrogens is 6. The summed E-state index contributed by atoms with van der Waals surface area (Å²) in [5.41, 5.74) is -7.59. The zero-order valence-electron chi connectivity index (χ0n) is 60.2. The zero-order chi connectivity index (χ0) is 65.3. The number of hydrogen-bond acceptors (Lipinski definition) is 3. The summed E-state index contributed by atoms with van der Waals surface area (Å²) >= 11 is 0. The van der Waals surface area contributed by atoms with Crippen molar-refractivity contribution in [1.29, 1.82) is 0 Å². The molecule has 6 nitrogen and oxygen atoms in total.